The van der Waals surface area contributed by atoms with E-state index in [2.05, 4.69) is 10.6 Å². The third-order valence-electron chi connectivity index (χ3n) is 3.62. The zero-order valence-corrected chi connectivity index (χ0v) is 16.2. The third-order valence-corrected chi connectivity index (χ3v) is 4.99. The minimum absolute atomic E-state index is 0.277. The maximum absolute atomic E-state index is 12.3. The molecule has 1 aromatic heterocycles. The van der Waals surface area contributed by atoms with Gasteiger partial charge in [-0.2, -0.15) is 0 Å². The fourth-order valence-electron chi connectivity index (χ4n) is 2.18. The van der Waals surface area contributed by atoms with E-state index in [1.807, 2.05) is 6.92 Å². The number of carbonyl (C=O) groups excluding carboxylic acids is 3. The van der Waals surface area contributed by atoms with Crippen LogP contribution in [0.1, 0.15) is 33.3 Å². The van der Waals surface area contributed by atoms with Crippen molar-refractivity contribution in [2.24, 2.45) is 0 Å². The zero-order valence-electron chi connectivity index (χ0n) is 14.6. The standard InChI is InChI=1S/C18H19ClN2O4S/c1-10-11(2)26-17(21-12(3)22)16(10)18(24)25-9-15(23)20-8-13-4-6-14(19)7-5-13/h4-7H,8-9H2,1-3H3,(H,20,23)(H,21,22). The van der Waals surface area contributed by atoms with Gasteiger partial charge in [-0.1, -0.05) is 23.7 Å². The summed E-state index contributed by atoms with van der Waals surface area (Å²) in [6, 6.07) is 7.06. The van der Waals surface area contributed by atoms with E-state index in [-0.39, 0.29) is 11.5 Å². The number of esters is 1. The fourth-order valence-corrected chi connectivity index (χ4v) is 3.40. The normalized spacial score (nSPS) is 10.3. The Balaban J connectivity index is 1.92. The topological polar surface area (TPSA) is 84.5 Å². The Labute approximate surface area is 160 Å². The minimum Gasteiger partial charge on any atom is -0.452 e. The summed E-state index contributed by atoms with van der Waals surface area (Å²) in [5.41, 5.74) is 1.89. The van der Waals surface area contributed by atoms with Gasteiger partial charge in [0, 0.05) is 23.4 Å². The predicted octanol–water partition coefficient (Wildman–Crippen LogP) is 3.45. The highest BCUT2D eigenvalue weighted by molar-refractivity contribution is 7.16. The van der Waals surface area contributed by atoms with Crippen LogP contribution in [-0.4, -0.2) is 24.4 Å². The van der Waals surface area contributed by atoms with Gasteiger partial charge in [-0.3, -0.25) is 9.59 Å². The van der Waals surface area contributed by atoms with E-state index < -0.39 is 18.5 Å². The molecule has 26 heavy (non-hydrogen) atoms. The Morgan fingerprint density at radius 3 is 2.42 bits per heavy atom. The number of nitrogens with one attached hydrogen (secondary N) is 2. The molecule has 8 heteroatoms. The number of hydrogen-bond donors (Lipinski definition) is 2. The SMILES string of the molecule is CC(=O)Nc1sc(C)c(C)c1C(=O)OCC(=O)NCc1ccc(Cl)cc1. The number of aryl methyl sites for hydroxylation is 1. The Morgan fingerprint density at radius 1 is 1.15 bits per heavy atom. The van der Waals surface area contributed by atoms with Gasteiger partial charge >= 0.3 is 5.97 Å². The summed E-state index contributed by atoms with van der Waals surface area (Å²) in [4.78, 5) is 36.4. The molecule has 138 valence electrons. The lowest BCUT2D eigenvalue weighted by molar-refractivity contribution is -0.124. The smallest absolute Gasteiger partial charge is 0.341 e. The first-order chi connectivity index (χ1) is 12.3. The van der Waals surface area contributed by atoms with Gasteiger partial charge < -0.3 is 15.4 Å². The van der Waals surface area contributed by atoms with Gasteiger partial charge in [-0.15, -0.1) is 11.3 Å². The first-order valence-corrected chi connectivity index (χ1v) is 9.03. The summed E-state index contributed by atoms with van der Waals surface area (Å²) < 4.78 is 5.10. The lowest BCUT2D eigenvalue weighted by atomic mass is 10.1. The molecular weight excluding hydrogens is 376 g/mol. The van der Waals surface area contributed by atoms with Crippen molar-refractivity contribution in [2.45, 2.75) is 27.3 Å². The van der Waals surface area contributed by atoms with Crippen LogP contribution < -0.4 is 10.6 Å². The molecule has 2 rings (SSSR count). The lowest BCUT2D eigenvalue weighted by Gasteiger charge is -2.08. The maximum atomic E-state index is 12.3. The van der Waals surface area contributed by atoms with Crippen LogP contribution in [0.2, 0.25) is 5.02 Å². The van der Waals surface area contributed by atoms with Crippen LogP contribution in [0.25, 0.3) is 0 Å². The molecule has 2 N–H and O–H groups in total. The molecule has 0 spiro atoms. The second-order valence-corrected chi connectivity index (χ2v) is 7.31. The molecule has 0 aliphatic carbocycles. The Morgan fingerprint density at radius 2 is 1.81 bits per heavy atom. The molecule has 2 amide bonds. The maximum Gasteiger partial charge on any atom is 0.341 e. The van der Waals surface area contributed by atoms with E-state index in [0.717, 1.165) is 16.0 Å². The highest BCUT2D eigenvalue weighted by Gasteiger charge is 2.22. The molecular formula is C18H19ClN2O4S. The van der Waals surface area contributed by atoms with Crippen molar-refractivity contribution in [3.63, 3.8) is 0 Å². The molecule has 0 fully saturated rings. The Hall–Kier alpha value is -2.38. The van der Waals surface area contributed by atoms with Crippen LogP contribution in [-0.2, 0) is 20.9 Å². The van der Waals surface area contributed by atoms with E-state index in [4.69, 9.17) is 16.3 Å². The molecule has 0 saturated carbocycles. The molecule has 2 aromatic rings. The lowest BCUT2D eigenvalue weighted by Crippen LogP contribution is -2.28. The van der Waals surface area contributed by atoms with E-state index in [1.165, 1.54) is 18.3 Å². The fraction of sp³-hybridized carbons (Fsp3) is 0.278. The van der Waals surface area contributed by atoms with E-state index in [1.54, 1.807) is 31.2 Å². The van der Waals surface area contributed by atoms with Crippen LogP contribution in [0, 0.1) is 13.8 Å². The number of benzene rings is 1. The summed E-state index contributed by atoms with van der Waals surface area (Å²) in [5.74, 6) is -1.34. The van der Waals surface area contributed by atoms with E-state index in [9.17, 15) is 14.4 Å². The van der Waals surface area contributed by atoms with Crippen LogP contribution >= 0.6 is 22.9 Å². The molecule has 1 aromatic carbocycles. The van der Waals surface area contributed by atoms with Crippen LogP contribution in [0.4, 0.5) is 5.00 Å². The molecule has 1 heterocycles. The highest BCUT2D eigenvalue weighted by Crippen LogP contribution is 2.32. The molecule has 0 atom stereocenters. The van der Waals surface area contributed by atoms with Crippen molar-refractivity contribution < 1.29 is 19.1 Å². The minimum atomic E-state index is -0.641. The third kappa shape index (κ3) is 5.31. The Kier molecular flexibility index (Phi) is 6.76. The van der Waals surface area contributed by atoms with Gasteiger partial charge in [0.2, 0.25) is 5.91 Å². The van der Waals surface area contributed by atoms with Crippen LogP contribution in [0.3, 0.4) is 0 Å². The molecule has 0 aliphatic heterocycles. The number of hydrogen-bond acceptors (Lipinski definition) is 5. The predicted molar refractivity (Wildman–Crippen MR) is 102 cm³/mol. The second kappa shape index (κ2) is 8.82. The summed E-state index contributed by atoms with van der Waals surface area (Å²) in [7, 11) is 0. The quantitative estimate of drug-likeness (QED) is 0.735. The van der Waals surface area contributed by atoms with Gasteiger partial charge in [0.15, 0.2) is 6.61 Å². The van der Waals surface area contributed by atoms with Crippen LogP contribution in [0.15, 0.2) is 24.3 Å². The molecule has 0 radical (unpaired) electrons. The van der Waals surface area contributed by atoms with Gasteiger partial charge in [0.1, 0.15) is 5.00 Å². The summed E-state index contributed by atoms with van der Waals surface area (Å²) in [5, 5.41) is 6.33. The average molecular weight is 395 g/mol. The number of thiophene rings is 1. The number of rotatable bonds is 6. The first-order valence-electron chi connectivity index (χ1n) is 7.83. The Bertz CT molecular complexity index is 830. The molecule has 0 bridgehead atoms. The van der Waals surface area contributed by atoms with Crippen LogP contribution in [0.5, 0.6) is 0 Å². The number of amides is 2. The number of carbonyl (C=O) groups is 3. The summed E-state index contributed by atoms with van der Waals surface area (Å²) >= 11 is 7.10. The summed E-state index contributed by atoms with van der Waals surface area (Å²) in [6.45, 7) is 4.89. The average Bonchev–Trinajstić information content (AvgIpc) is 2.85. The first kappa shape index (κ1) is 19.9. The van der Waals surface area contributed by atoms with E-state index in [0.29, 0.717) is 16.6 Å². The molecule has 0 unspecified atom stereocenters. The van der Waals surface area contributed by atoms with Crippen molar-refractivity contribution in [3.8, 4) is 0 Å². The van der Waals surface area contributed by atoms with E-state index >= 15 is 0 Å². The number of ether oxygens (including phenoxy) is 1. The van der Waals surface area contributed by atoms with Crippen molar-refractivity contribution in [2.75, 3.05) is 11.9 Å². The molecule has 6 nitrogen and oxygen atoms in total. The van der Waals surface area contributed by atoms with Crippen molar-refractivity contribution >= 4 is 45.7 Å². The van der Waals surface area contributed by atoms with Gasteiger partial charge in [0.25, 0.3) is 5.91 Å². The van der Waals surface area contributed by atoms with Crippen molar-refractivity contribution in [3.05, 3.63) is 50.9 Å². The molecule has 0 aliphatic rings. The number of halogens is 1. The van der Waals surface area contributed by atoms with Gasteiger partial charge in [-0.25, -0.2) is 4.79 Å². The van der Waals surface area contributed by atoms with Gasteiger partial charge in [0.05, 0.1) is 5.56 Å². The monoisotopic (exact) mass is 394 g/mol. The molecule has 0 saturated heterocycles. The largest absolute Gasteiger partial charge is 0.452 e. The van der Waals surface area contributed by atoms with Gasteiger partial charge in [-0.05, 0) is 37.1 Å². The summed E-state index contributed by atoms with van der Waals surface area (Å²) in [6.07, 6.45) is 0. The second-order valence-electron chi connectivity index (χ2n) is 5.65. The van der Waals surface area contributed by atoms with Crippen molar-refractivity contribution in [1.82, 2.24) is 5.32 Å². The number of anilines is 1. The van der Waals surface area contributed by atoms with Crippen molar-refractivity contribution in [1.29, 1.82) is 0 Å². The zero-order chi connectivity index (χ0) is 19.3. The highest BCUT2D eigenvalue weighted by atomic mass is 35.5.